The summed E-state index contributed by atoms with van der Waals surface area (Å²) >= 11 is 0. The van der Waals surface area contributed by atoms with E-state index >= 15 is 0 Å². The maximum atomic E-state index is 9.73. The van der Waals surface area contributed by atoms with Gasteiger partial charge in [-0.3, -0.25) is 4.90 Å². The van der Waals surface area contributed by atoms with E-state index in [1.165, 1.54) is 38.5 Å². The molecule has 0 amide bonds. The highest BCUT2D eigenvalue weighted by Gasteiger charge is 2.55. The van der Waals surface area contributed by atoms with Crippen LogP contribution >= 0.6 is 0 Å². The third kappa shape index (κ3) is 1.79. The first-order valence-corrected chi connectivity index (χ1v) is 7.84. The number of nitrogens with zero attached hydrogens (tertiary/aromatic N) is 2. The van der Waals surface area contributed by atoms with E-state index in [0.29, 0.717) is 5.41 Å². The zero-order valence-corrected chi connectivity index (χ0v) is 11.9. The van der Waals surface area contributed by atoms with Crippen LogP contribution in [-0.2, 0) is 0 Å². The van der Waals surface area contributed by atoms with E-state index in [1.807, 2.05) is 0 Å². The van der Waals surface area contributed by atoms with Crippen molar-refractivity contribution in [3.63, 3.8) is 0 Å². The Labute approximate surface area is 111 Å². The molecule has 18 heavy (non-hydrogen) atoms. The maximum Gasteiger partial charge on any atom is 0.103 e. The molecular formula is C16H26N2. The van der Waals surface area contributed by atoms with Gasteiger partial charge in [-0.25, -0.2) is 0 Å². The minimum atomic E-state index is 0.181. The van der Waals surface area contributed by atoms with Crippen LogP contribution in [0.4, 0.5) is 0 Å². The molecule has 4 saturated carbocycles. The fraction of sp³-hybridized carbons (Fsp3) is 0.938. The molecule has 0 aromatic carbocycles. The molecule has 0 N–H and O–H groups in total. The molecule has 4 aliphatic rings. The lowest BCUT2D eigenvalue weighted by molar-refractivity contribution is -0.0857. The standard InChI is InChI=1S/C16H26N2/c1-3-18(4-2)15(11-17)16-8-12-5-13(9-16)7-14(6-12)10-16/h12-15H,3-10H2,1-2H3. The lowest BCUT2D eigenvalue weighted by Gasteiger charge is -2.59. The summed E-state index contributed by atoms with van der Waals surface area (Å²) in [6.45, 7) is 6.45. The third-order valence-corrected chi connectivity index (χ3v) is 5.97. The van der Waals surface area contributed by atoms with Crippen LogP contribution in [0.5, 0.6) is 0 Å². The second-order valence-electron chi connectivity index (χ2n) is 7.03. The first kappa shape index (κ1) is 12.5. The van der Waals surface area contributed by atoms with Gasteiger partial charge in [-0.1, -0.05) is 13.8 Å². The van der Waals surface area contributed by atoms with E-state index in [2.05, 4.69) is 24.8 Å². The molecule has 0 heterocycles. The SMILES string of the molecule is CCN(CC)C(C#N)C12CC3CC(CC(C3)C1)C2. The molecule has 0 aliphatic heterocycles. The molecule has 2 heteroatoms. The van der Waals surface area contributed by atoms with Crippen LogP contribution in [0.3, 0.4) is 0 Å². The Hall–Kier alpha value is -0.550. The predicted molar refractivity (Wildman–Crippen MR) is 72.9 cm³/mol. The Morgan fingerprint density at radius 1 is 1.06 bits per heavy atom. The van der Waals surface area contributed by atoms with Gasteiger partial charge in [0, 0.05) is 5.41 Å². The first-order chi connectivity index (χ1) is 8.70. The van der Waals surface area contributed by atoms with Crippen LogP contribution in [0, 0.1) is 34.5 Å². The smallest absolute Gasteiger partial charge is 0.103 e. The Kier molecular flexibility index (Phi) is 3.14. The zero-order valence-electron chi connectivity index (χ0n) is 11.9. The molecule has 0 aromatic heterocycles. The van der Waals surface area contributed by atoms with Gasteiger partial charge < -0.3 is 0 Å². The summed E-state index contributed by atoms with van der Waals surface area (Å²) in [4.78, 5) is 2.41. The van der Waals surface area contributed by atoms with Crippen molar-refractivity contribution in [3.05, 3.63) is 0 Å². The van der Waals surface area contributed by atoms with E-state index in [4.69, 9.17) is 0 Å². The first-order valence-electron chi connectivity index (χ1n) is 7.84. The van der Waals surface area contributed by atoms with Crippen molar-refractivity contribution in [2.75, 3.05) is 13.1 Å². The summed E-state index contributed by atoms with van der Waals surface area (Å²) in [5.74, 6) is 2.84. The van der Waals surface area contributed by atoms with Crippen molar-refractivity contribution >= 4 is 0 Å². The van der Waals surface area contributed by atoms with Crippen LogP contribution in [0.1, 0.15) is 52.4 Å². The minimum Gasteiger partial charge on any atom is -0.288 e. The summed E-state index contributed by atoms with van der Waals surface area (Å²) in [7, 11) is 0. The highest BCUT2D eigenvalue weighted by Crippen LogP contribution is 2.61. The van der Waals surface area contributed by atoms with Gasteiger partial charge in [0.1, 0.15) is 6.04 Å². The summed E-state index contributed by atoms with van der Waals surface area (Å²) in [6.07, 6.45) is 8.43. The van der Waals surface area contributed by atoms with Gasteiger partial charge in [0.05, 0.1) is 6.07 Å². The Bertz CT molecular complexity index is 315. The van der Waals surface area contributed by atoms with Crippen molar-refractivity contribution in [1.29, 1.82) is 5.26 Å². The molecule has 0 aromatic rings. The van der Waals surface area contributed by atoms with E-state index in [1.54, 1.807) is 0 Å². The van der Waals surface area contributed by atoms with E-state index in [0.717, 1.165) is 30.8 Å². The number of nitriles is 1. The molecular weight excluding hydrogens is 220 g/mol. The average molecular weight is 246 g/mol. The highest BCUT2D eigenvalue weighted by molar-refractivity contribution is 5.12. The highest BCUT2D eigenvalue weighted by atomic mass is 15.2. The van der Waals surface area contributed by atoms with Gasteiger partial charge >= 0.3 is 0 Å². The topological polar surface area (TPSA) is 27.0 Å². The summed E-state index contributed by atoms with van der Waals surface area (Å²) in [6, 6.07) is 2.87. The monoisotopic (exact) mass is 246 g/mol. The van der Waals surface area contributed by atoms with Crippen LogP contribution in [0.2, 0.25) is 0 Å². The summed E-state index contributed by atoms with van der Waals surface area (Å²) in [5, 5.41) is 9.73. The van der Waals surface area contributed by atoms with Gasteiger partial charge in [0.25, 0.3) is 0 Å². The largest absolute Gasteiger partial charge is 0.288 e. The Morgan fingerprint density at radius 2 is 1.50 bits per heavy atom. The van der Waals surface area contributed by atoms with E-state index < -0.39 is 0 Å². The molecule has 4 fully saturated rings. The van der Waals surface area contributed by atoms with Crippen LogP contribution < -0.4 is 0 Å². The van der Waals surface area contributed by atoms with E-state index in [9.17, 15) is 5.26 Å². The number of hydrogen-bond donors (Lipinski definition) is 0. The fourth-order valence-corrected chi connectivity index (χ4v) is 5.71. The molecule has 0 radical (unpaired) electrons. The summed E-state index contributed by atoms with van der Waals surface area (Å²) in [5.41, 5.74) is 0.357. The predicted octanol–water partition coefficient (Wildman–Crippen LogP) is 3.44. The molecule has 100 valence electrons. The second kappa shape index (κ2) is 4.53. The van der Waals surface area contributed by atoms with Gasteiger partial charge in [-0.2, -0.15) is 5.26 Å². The Morgan fingerprint density at radius 3 is 1.83 bits per heavy atom. The van der Waals surface area contributed by atoms with Crippen molar-refractivity contribution in [1.82, 2.24) is 4.90 Å². The van der Waals surface area contributed by atoms with Crippen LogP contribution in [0.25, 0.3) is 0 Å². The second-order valence-corrected chi connectivity index (χ2v) is 7.03. The molecule has 1 atom stereocenters. The Balaban J connectivity index is 1.87. The quantitative estimate of drug-likeness (QED) is 0.760. The molecule has 0 saturated heterocycles. The molecule has 4 rings (SSSR count). The van der Waals surface area contributed by atoms with Crippen LogP contribution in [-0.4, -0.2) is 24.0 Å². The van der Waals surface area contributed by atoms with E-state index in [-0.39, 0.29) is 6.04 Å². The van der Waals surface area contributed by atoms with Crippen molar-refractivity contribution in [3.8, 4) is 6.07 Å². The van der Waals surface area contributed by atoms with Crippen molar-refractivity contribution in [2.45, 2.75) is 58.4 Å². The van der Waals surface area contributed by atoms with Gasteiger partial charge in [0.2, 0.25) is 0 Å². The molecule has 1 unspecified atom stereocenters. The molecule has 4 aliphatic carbocycles. The minimum absolute atomic E-state index is 0.181. The summed E-state index contributed by atoms with van der Waals surface area (Å²) < 4.78 is 0. The van der Waals surface area contributed by atoms with Gasteiger partial charge in [-0.05, 0) is 69.4 Å². The number of hydrogen-bond acceptors (Lipinski definition) is 2. The van der Waals surface area contributed by atoms with Gasteiger partial charge in [-0.15, -0.1) is 0 Å². The lowest BCUT2D eigenvalue weighted by atomic mass is 9.47. The molecule has 2 nitrogen and oxygen atoms in total. The molecule has 0 spiro atoms. The van der Waals surface area contributed by atoms with Gasteiger partial charge in [0.15, 0.2) is 0 Å². The lowest BCUT2D eigenvalue weighted by Crippen LogP contribution is -2.56. The van der Waals surface area contributed by atoms with Crippen molar-refractivity contribution in [2.24, 2.45) is 23.2 Å². The fourth-order valence-electron chi connectivity index (χ4n) is 5.71. The normalized spacial score (nSPS) is 43.1. The molecule has 4 bridgehead atoms. The third-order valence-electron chi connectivity index (χ3n) is 5.97. The van der Waals surface area contributed by atoms with Crippen LogP contribution in [0.15, 0.2) is 0 Å². The average Bonchev–Trinajstić information content (AvgIpc) is 2.33. The maximum absolute atomic E-state index is 9.73. The number of rotatable bonds is 4. The zero-order chi connectivity index (χ0) is 12.8. The van der Waals surface area contributed by atoms with Crippen molar-refractivity contribution < 1.29 is 0 Å².